The van der Waals surface area contributed by atoms with Crippen LogP contribution in [0.15, 0.2) is 102 Å². The number of allylic oxidation sites excluding steroid dienone is 1. The molecule has 214 valence electrons. The number of ether oxygens (including phenoxy) is 3. The van der Waals surface area contributed by atoms with Gasteiger partial charge in [0.05, 0.1) is 55.7 Å². The number of methoxy groups -OCH3 is 3. The Morgan fingerprint density at radius 1 is 0.905 bits per heavy atom. The van der Waals surface area contributed by atoms with E-state index in [-0.39, 0.29) is 40.5 Å². The number of nitrogens with zero attached hydrogens (tertiary/aromatic N) is 2. The molecule has 1 aliphatic heterocycles. The van der Waals surface area contributed by atoms with Gasteiger partial charge in [-0.15, -0.1) is 0 Å². The zero-order chi connectivity index (χ0) is 30.2. The zero-order valence-electron chi connectivity index (χ0n) is 23.4. The van der Waals surface area contributed by atoms with E-state index in [1.165, 1.54) is 12.0 Å². The predicted molar refractivity (Wildman–Crippen MR) is 155 cm³/mol. The molecule has 1 unspecified atom stereocenters. The smallest absolute Gasteiger partial charge is 0.355 e. The number of esters is 2. The molecule has 0 spiro atoms. The van der Waals surface area contributed by atoms with Crippen molar-refractivity contribution in [1.82, 2.24) is 5.32 Å². The number of rotatable bonds is 9. The zero-order valence-corrected chi connectivity index (χ0v) is 23.4. The highest BCUT2D eigenvalue weighted by atomic mass is 16.5. The Balaban J connectivity index is 1.82. The molecule has 0 aliphatic carbocycles. The predicted octanol–water partition coefficient (Wildman–Crippen LogP) is 3.57. The lowest BCUT2D eigenvalue weighted by Gasteiger charge is -2.36. The first kappa shape index (κ1) is 29.4. The average molecular weight is 567 g/mol. The molecule has 1 heterocycles. The van der Waals surface area contributed by atoms with Gasteiger partial charge in [0.25, 0.3) is 5.91 Å². The maximum absolute atomic E-state index is 13.5. The summed E-state index contributed by atoms with van der Waals surface area (Å²) in [5.41, 5.74) is 7.98. The minimum Gasteiger partial charge on any atom is -0.496 e. The summed E-state index contributed by atoms with van der Waals surface area (Å²) in [5.74, 6) is -2.65. The molecule has 3 aromatic rings. The number of benzene rings is 3. The SMILES string of the molecule is COC(=O)C1=C(C(=O)OC)N(c2ccccc2C(=O)NCCc2ccccc2OC)C(N)=C(C#N)C1c1ccccc1. The lowest BCUT2D eigenvalue weighted by molar-refractivity contribution is -0.139. The standard InChI is InChI=1S/C32H30N4O6/c1-40-25-16-10-7-11-20(25)17-18-35-30(37)22-14-8-9-15-24(22)36-28(32(39)42-3)27(31(38)41-2)26(23(19-33)29(36)34)21-12-5-4-6-13-21/h4-16,26H,17-18,34H2,1-3H3,(H,35,37). The maximum atomic E-state index is 13.5. The van der Waals surface area contributed by atoms with E-state index >= 15 is 0 Å². The van der Waals surface area contributed by atoms with Crippen LogP contribution < -0.4 is 20.7 Å². The van der Waals surface area contributed by atoms with Gasteiger partial charge < -0.3 is 25.3 Å². The number of amides is 1. The van der Waals surface area contributed by atoms with Crippen molar-refractivity contribution in [3.05, 3.63) is 118 Å². The van der Waals surface area contributed by atoms with Gasteiger partial charge in [0.2, 0.25) is 0 Å². The number of nitrogens with one attached hydrogen (secondary N) is 1. The number of hydrogen-bond donors (Lipinski definition) is 2. The monoisotopic (exact) mass is 566 g/mol. The highest BCUT2D eigenvalue weighted by molar-refractivity contribution is 6.08. The van der Waals surface area contributed by atoms with Crippen molar-refractivity contribution in [2.45, 2.75) is 12.3 Å². The lowest BCUT2D eigenvalue weighted by Crippen LogP contribution is -2.41. The van der Waals surface area contributed by atoms with Crippen LogP contribution in [0.25, 0.3) is 0 Å². The largest absolute Gasteiger partial charge is 0.496 e. The average Bonchev–Trinajstić information content (AvgIpc) is 3.03. The fraction of sp³-hybridized carbons (Fsp3) is 0.188. The van der Waals surface area contributed by atoms with Gasteiger partial charge in [-0.25, -0.2) is 9.59 Å². The van der Waals surface area contributed by atoms with Gasteiger partial charge in [0.1, 0.15) is 17.3 Å². The fourth-order valence-corrected chi connectivity index (χ4v) is 4.94. The third-order valence-corrected chi connectivity index (χ3v) is 6.87. The Kier molecular flexibility index (Phi) is 9.24. The molecule has 0 radical (unpaired) electrons. The molecule has 0 fully saturated rings. The van der Waals surface area contributed by atoms with E-state index < -0.39 is 23.8 Å². The van der Waals surface area contributed by atoms with E-state index in [2.05, 4.69) is 11.4 Å². The summed E-state index contributed by atoms with van der Waals surface area (Å²) >= 11 is 0. The number of carbonyl (C=O) groups excluding carboxylic acids is 3. The number of nitrogens with two attached hydrogens (primary N) is 1. The fourth-order valence-electron chi connectivity index (χ4n) is 4.94. The van der Waals surface area contributed by atoms with Crippen LogP contribution in [0.2, 0.25) is 0 Å². The highest BCUT2D eigenvalue weighted by Gasteiger charge is 2.43. The molecule has 10 heteroatoms. The molecule has 0 bridgehead atoms. The van der Waals surface area contributed by atoms with Crippen molar-refractivity contribution in [2.24, 2.45) is 5.73 Å². The van der Waals surface area contributed by atoms with Gasteiger partial charge in [-0.1, -0.05) is 60.7 Å². The van der Waals surface area contributed by atoms with Crippen LogP contribution in [0.5, 0.6) is 5.75 Å². The first-order valence-electron chi connectivity index (χ1n) is 13.0. The van der Waals surface area contributed by atoms with Gasteiger partial charge in [0, 0.05) is 6.54 Å². The van der Waals surface area contributed by atoms with Gasteiger partial charge in [-0.3, -0.25) is 9.69 Å². The second kappa shape index (κ2) is 13.2. The van der Waals surface area contributed by atoms with Crippen LogP contribution >= 0.6 is 0 Å². The van der Waals surface area contributed by atoms with E-state index in [0.29, 0.717) is 17.7 Å². The lowest BCUT2D eigenvalue weighted by atomic mass is 9.80. The Bertz CT molecular complexity index is 1610. The van der Waals surface area contributed by atoms with Crippen LogP contribution in [0.1, 0.15) is 27.4 Å². The number of carbonyl (C=O) groups is 3. The molecule has 3 N–H and O–H groups in total. The van der Waals surface area contributed by atoms with Gasteiger partial charge in [-0.2, -0.15) is 5.26 Å². The van der Waals surface area contributed by atoms with Crippen LogP contribution in [-0.4, -0.2) is 45.7 Å². The second-order valence-electron chi connectivity index (χ2n) is 9.17. The van der Waals surface area contributed by atoms with Crippen molar-refractivity contribution in [2.75, 3.05) is 32.8 Å². The van der Waals surface area contributed by atoms with Crippen molar-refractivity contribution in [3.8, 4) is 11.8 Å². The van der Waals surface area contributed by atoms with Crippen molar-refractivity contribution in [3.63, 3.8) is 0 Å². The summed E-state index contributed by atoms with van der Waals surface area (Å²) in [4.78, 5) is 41.4. The molecule has 0 saturated carbocycles. The van der Waals surface area contributed by atoms with Crippen molar-refractivity contribution in [1.29, 1.82) is 5.26 Å². The molecule has 0 aromatic heterocycles. The summed E-state index contributed by atoms with van der Waals surface area (Å²) in [5, 5.41) is 13.2. The summed E-state index contributed by atoms with van der Waals surface area (Å²) in [6.45, 7) is 0.283. The summed E-state index contributed by atoms with van der Waals surface area (Å²) in [7, 11) is 3.92. The minimum absolute atomic E-state index is 0.000590. The number of para-hydroxylation sites is 2. The van der Waals surface area contributed by atoms with E-state index in [1.807, 2.05) is 24.3 Å². The van der Waals surface area contributed by atoms with E-state index in [0.717, 1.165) is 12.7 Å². The third-order valence-electron chi connectivity index (χ3n) is 6.87. The number of hydrogen-bond acceptors (Lipinski definition) is 9. The van der Waals surface area contributed by atoms with E-state index in [1.54, 1.807) is 61.7 Å². The molecule has 4 rings (SSSR count). The molecular weight excluding hydrogens is 536 g/mol. The van der Waals surface area contributed by atoms with Crippen LogP contribution in [0, 0.1) is 11.3 Å². The first-order valence-corrected chi connectivity index (χ1v) is 13.0. The summed E-state index contributed by atoms with van der Waals surface area (Å²) in [6.07, 6.45) is 0.501. The molecule has 1 amide bonds. The number of nitriles is 1. The van der Waals surface area contributed by atoms with Crippen LogP contribution in [-0.2, 0) is 25.5 Å². The molecule has 1 atom stereocenters. The molecule has 42 heavy (non-hydrogen) atoms. The third kappa shape index (κ3) is 5.67. The van der Waals surface area contributed by atoms with Gasteiger partial charge in [0.15, 0.2) is 0 Å². The molecule has 1 aliphatic rings. The Hall–Kier alpha value is -5.56. The highest BCUT2D eigenvalue weighted by Crippen LogP contribution is 2.43. The minimum atomic E-state index is -1.02. The van der Waals surface area contributed by atoms with Gasteiger partial charge >= 0.3 is 11.9 Å². The summed E-state index contributed by atoms with van der Waals surface area (Å²) < 4.78 is 15.6. The van der Waals surface area contributed by atoms with Gasteiger partial charge in [-0.05, 0) is 35.7 Å². The van der Waals surface area contributed by atoms with Crippen LogP contribution in [0.3, 0.4) is 0 Å². The topological polar surface area (TPSA) is 144 Å². The normalized spacial score (nSPS) is 14.6. The molecule has 10 nitrogen and oxygen atoms in total. The van der Waals surface area contributed by atoms with E-state index in [4.69, 9.17) is 19.9 Å². The van der Waals surface area contributed by atoms with E-state index in [9.17, 15) is 19.6 Å². The maximum Gasteiger partial charge on any atom is 0.355 e. The number of anilines is 1. The Labute approximate surface area is 243 Å². The summed E-state index contributed by atoms with van der Waals surface area (Å²) in [6, 6.07) is 24.7. The second-order valence-corrected chi connectivity index (χ2v) is 9.17. The van der Waals surface area contributed by atoms with Crippen molar-refractivity contribution < 1.29 is 28.6 Å². The Morgan fingerprint density at radius 3 is 2.21 bits per heavy atom. The van der Waals surface area contributed by atoms with Crippen molar-refractivity contribution >= 4 is 23.5 Å². The first-order chi connectivity index (χ1) is 20.4. The van der Waals surface area contributed by atoms with Crippen LogP contribution in [0.4, 0.5) is 5.69 Å². The molecule has 3 aromatic carbocycles. The molecule has 0 saturated heterocycles. The Morgan fingerprint density at radius 2 is 1.55 bits per heavy atom. The quantitative estimate of drug-likeness (QED) is 0.372. The molecular formula is C32H30N4O6.